The van der Waals surface area contributed by atoms with E-state index in [0.717, 1.165) is 21.3 Å². The van der Waals surface area contributed by atoms with Crippen molar-refractivity contribution < 1.29 is 4.74 Å². The fourth-order valence-corrected chi connectivity index (χ4v) is 2.29. The first-order valence-corrected chi connectivity index (χ1v) is 6.15. The van der Waals surface area contributed by atoms with E-state index in [4.69, 9.17) is 10.5 Å². The lowest BCUT2D eigenvalue weighted by molar-refractivity contribution is 0.412. The monoisotopic (exact) mass is 291 g/mol. The van der Waals surface area contributed by atoms with Crippen LogP contribution >= 0.6 is 15.9 Å². The van der Waals surface area contributed by atoms with E-state index in [-0.39, 0.29) is 6.04 Å². The highest BCUT2D eigenvalue weighted by molar-refractivity contribution is 9.10. The lowest BCUT2D eigenvalue weighted by Crippen LogP contribution is -2.11. The Hall–Kier alpha value is -1.32. The minimum Gasteiger partial charge on any atom is -0.496 e. The summed E-state index contributed by atoms with van der Waals surface area (Å²) in [6.07, 6.45) is 0. The van der Waals surface area contributed by atoms with Crippen LogP contribution in [0, 0.1) is 0 Å². The SMILES string of the molecule is COc1ccc([C@@H](N)c2ccccc2)cc1Br. The molecule has 17 heavy (non-hydrogen) atoms. The number of methoxy groups -OCH3 is 1. The molecule has 2 aromatic carbocycles. The van der Waals surface area contributed by atoms with E-state index < -0.39 is 0 Å². The zero-order chi connectivity index (χ0) is 12.3. The molecular weight excluding hydrogens is 278 g/mol. The summed E-state index contributed by atoms with van der Waals surface area (Å²) in [5, 5.41) is 0. The number of ether oxygens (including phenoxy) is 1. The molecule has 0 aliphatic rings. The fourth-order valence-electron chi connectivity index (χ4n) is 1.73. The summed E-state index contributed by atoms with van der Waals surface area (Å²) >= 11 is 3.47. The highest BCUT2D eigenvalue weighted by Crippen LogP contribution is 2.29. The van der Waals surface area contributed by atoms with Crippen molar-refractivity contribution in [2.24, 2.45) is 5.73 Å². The lowest BCUT2D eigenvalue weighted by Gasteiger charge is -2.14. The number of rotatable bonds is 3. The minimum absolute atomic E-state index is 0.113. The third kappa shape index (κ3) is 2.68. The Morgan fingerprint density at radius 1 is 1.06 bits per heavy atom. The standard InChI is InChI=1S/C14H14BrNO/c1-17-13-8-7-11(9-12(13)15)14(16)10-5-3-2-4-6-10/h2-9,14H,16H2,1H3/t14-/m0/s1. The van der Waals surface area contributed by atoms with Crippen LogP contribution in [0.2, 0.25) is 0 Å². The molecule has 0 unspecified atom stereocenters. The van der Waals surface area contributed by atoms with Crippen molar-refractivity contribution in [2.45, 2.75) is 6.04 Å². The number of nitrogens with two attached hydrogens (primary N) is 1. The third-order valence-electron chi connectivity index (χ3n) is 2.69. The second kappa shape index (κ2) is 5.34. The third-order valence-corrected chi connectivity index (χ3v) is 3.31. The van der Waals surface area contributed by atoms with Gasteiger partial charge in [-0.2, -0.15) is 0 Å². The second-order valence-electron chi connectivity index (χ2n) is 3.78. The highest BCUT2D eigenvalue weighted by Gasteiger charge is 2.10. The molecule has 0 amide bonds. The highest BCUT2D eigenvalue weighted by atomic mass is 79.9. The predicted molar refractivity (Wildman–Crippen MR) is 73.2 cm³/mol. The fraction of sp³-hybridized carbons (Fsp3) is 0.143. The Morgan fingerprint density at radius 3 is 2.35 bits per heavy atom. The van der Waals surface area contributed by atoms with Crippen LogP contribution in [-0.4, -0.2) is 7.11 Å². The number of benzene rings is 2. The lowest BCUT2D eigenvalue weighted by atomic mass is 10.00. The van der Waals surface area contributed by atoms with Crippen LogP contribution in [0.3, 0.4) is 0 Å². The molecule has 2 aromatic rings. The molecule has 3 heteroatoms. The van der Waals surface area contributed by atoms with Crippen LogP contribution in [0.15, 0.2) is 53.0 Å². The van der Waals surface area contributed by atoms with Crippen molar-refractivity contribution >= 4 is 15.9 Å². The van der Waals surface area contributed by atoms with Crippen molar-refractivity contribution in [3.8, 4) is 5.75 Å². The maximum absolute atomic E-state index is 6.22. The molecule has 2 rings (SSSR count). The van der Waals surface area contributed by atoms with Gasteiger partial charge in [-0.25, -0.2) is 0 Å². The molecule has 0 radical (unpaired) electrons. The summed E-state index contributed by atoms with van der Waals surface area (Å²) in [5.74, 6) is 0.814. The quantitative estimate of drug-likeness (QED) is 0.939. The maximum atomic E-state index is 6.22. The summed E-state index contributed by atoms with van der Waals surface area (Å²) in [6.45, 7) is 0. The average molecular weight is 292 g/mol. The van der Waals surface area contributed by atoms with Gasteiger partial charge >= 0.3 is 0 Å². The van der Waals surface area contributed by atoms with Crippen molar-refractivity contribution in [1.29, 1.82) is 0 Å². The molecule has 0 aliphatic heterocycles. The van der Waals surface area contributed by atoms with Gasteiger partial charge in [0.1, 0.15) is 5.75 Å². The van der Waals surface area contributed by atoms with Gasteiger partial charge in [0.15, 0.2) is 0 Å². The Balaban J connectivity index is 2.32. The Morgan fingerprint density at radius 2 is 1.76 bits per heavy atom. The van der Waals surface area contributed by atoms with Gasteiger partial charge in [0.25, 0.3) is 0 Å². The molecule has 0 bridgehead atoms. The molecule has 0 spiro atoms. The van der Waals surface area contributed by atoms with Crippen LogP contribution in [0.25, 0.3) is 0 Å². The van der Waals surface area contributed by atoms with E-state index in [1.807, 2.05) is 48.5 Å². The zero-order valence-electron chi connectivity index (χ0n) is 9.56. The molecule has 0 saturated carbocycles. The van der Waals surface area contributed by atoms with Crippen LogP contribution in [0.5, 0.6) is 5.75 Å². The zero-order valence-corrected chi connectivity index (χ0v) is 11.1. The summed E-state index contributed by atoms with van der Waals surface area (Å²) in [6, 6.07) is 15.8. The predicted octanol–water partition coefficient (Wildman–Crippen LogP) is 3.51. The summed E-state index contributed by atoms with van der Waals surface area (Å²) in [5.41, 5.74) is 8.38. The average Bonchev–Trinajstić information content (AvgIpc) is 2.39. The topological polar surface area (TPSA) is 35.2 Å². The summed E-state index contributed by atoms with van der Waals surface area (Å²) in [4.78, 5) is 0. The van der Waals surface area contributed by atoms with Crippen molar-refractivity contribution in [3.63, 3.8) is 0 Å². The van der Waals surface area contributed by atoms with Gasteiger partial charge in [0, 0.05) is 0 Å². The first-order valence-electron chi connectivity index (χ1n) is 5.36. The number of hydrogen-bond donors (Lipinski definition) is 1. The van der Waals surface area contributed by atoms with Crippen LogP contribution in [0.4, 0.5) is 0 Å². The minimum atomic E-state index is -0.113. The molecule has 1 atom stereocenters. The normalized spacial score (nSPS) is 12.2. The first kappa shape index (κ1) is 12.1. The van der Waals surface area contributed by atoms with Gasteiger partial charge in [-0.05, 0) is 39.2 Å². The van der Waals surface area contributed by atoms with E-state index in [2.05, 4.69) is 15.9 Å². The van der Waals surface area contributed by atoms with Gasteiger partial charge in [0.05, 0.1) is 17.6 Å². The molecule has 0 aliphatic carbocycles. The molecule has 88 valence electrons. The molecule has 0 heterocycles. The van der Waals surface area contributed by atoms with E-state index in [1.54, 1.807) is 7.11 Å². The van der Waals surface area contributed by atoms with Gasteiger partial charge < -0.3 is 10.5 Å². The first-order chi connectivity index (χ1) is 8.22. The Kier molecular flexibility index (Phi) is 3.82. The summed E-state index contributed by atoms with van der Waals surface area (Å²) < 4.78 is 6.12. The second-order valence-corrected chi connectivity index (χ2v) is 4.64. The van der Waals surface area contributed by atoms with Crippen LogP contribution in [-0.2, 0) is 0 Å². The van der Waals surface area contributed by atoms with Crippen molar-refractivity contribution in [2.75, 3.05) is 7.11 Å². The van der Waals surface area contributed by atoms with Gasteiger partial charge in [-0.1, -0.05) is 36.4 Å². The van der Waals surface area contributed by atoms with Crippen molar-refractivity contribution in [1.82, 2.24) is 0 Å². The van der Waals surface area contributed by atoms with E-state index in [9.17, 15) is 0 Å². The number of hydrogen-bond acceptors (Lipinski definition) is 2. The molecule has 2 nitrogen and oxygen atoms in total. The van der Waals surface area contributed by atoms with E-state index >= 15 is 0 Å². The molecule has 2 N–H and O–H groups in total. The summed E-state index contributed by atoms with van der Waals surface area (Å²) in [7, 11) is 1.65. The van der Waals surface area contributed by atoms with E-state index in [0.29, 0.717) is 0 Å². The Bertz CT molecular complexity index is 499. The molecule has 0 aromatic heterocycles. The molecule has 0 saturated heterocycles. The van der Waals surface area contributed by atoms with Gasteiger partial charge in [0.2, 0.25) is 0 Å². The largest absolute Gasteiger partial charge is 0.496 e. The van der Waals surface area contributed by atoms with Gasteiger partial charge in [-0.3, -0.25) is 0 Å². The molecular formula is C14H14BrNO. The van der Waals surface area contributed by atoms with Gasteiger partial charge in [-0.15, -0.1) is 0 Å². The number of halogens is 1. The molecule has 0 fully saturated rings. The van der Waals surface area contributed by atoms with Crippen LogP contribution < -0.4 is 10.5 Å². The maximum Gasteiger partial charge on any atom is 0.133 e. The Labute approximate surface area is 110 Å². The van der Waals surface area contributed by atoms with E-state index in [1.165, 1.54) is 0 Å². The smallest absolute Gasteiger partial charge is 0.133 e. The van der Waals surface area contributed by atoms with Crippen LogP contribution in [0.1, 0.15) is 17.2 Å². The van der Waals surface area contributed by atoms with Crippen molar-refractivity contribution in [3.05, 3.63) is 64.1 Å².